The Morgan fingerprint density at radius 1 is 0.411 bits per heavy atom. The fourth-order valence-corrected chi connectivity index (χ4v) is 7.97. The SMILES string of the molecule is CCCCCCCCCC/C=C\CCCCCCCCCCCCCCCCOCC(CO)OC(=O)CCCCCCCCCCCCCCCCCCCC. The molecule has 334 valence electrons. The Bertz CT molecular complexity index is 751. The molecule has 0 heterocycles. The predicted octanol–water partition coefficient (Wildman–Crippen LogP) is 17.3. The molecule has 0 rings (SSSR count). The molecule has 1 N–H and O–H groups in total. The zero-order valence-electron chi connectivity index (χ0n) is 38.4. The second kappa shape index (κ2) is 50.3. The molecule has 0 aliphatic rings. The van der Waals surface area contributed by atoms with Gasteiger partial charge >= 0.3 is 5.97 Å². The summed E-state index contributed by atoms with van der Waals surface area (Å²) in [5.41, 5.74) is 0. The minimum absolute atomic E-state index is 0.164. The van der Waals surface area contributed by atoms with E-state index < -0.39 is 6.10 Å². The van der Waals surface area contributed by atoms with Gasteiger partial charge in [-0.25, -0.2) is 0 Å². The number of aliphatic hydroxyl groups is 1. The molecule has 0 aromatic heterocycles. The minimum Gasteiger partial charge on any atom is -0.457 e. The number of hydrogen-bond donors (Lipinski definition) is 1. The minimum atomic E-state index is -0.528. The van der Waals surface area contributed by atoms with Gasteiger partial charge in [0.15, 0.2) is 0 Å². The summed E-state index contributed by atoms with van der Waals surface area (Å²) in [4.78, 5) is 12.3. The van der Waals surface area contributed by atoms with Crippen LogP contribution in [0.1, 0.15) is 290 Å². The Kier molecular flexibility index (Phi) is 49.5. The second-order valence-electron chi connectivity index (χ2n) is 17.6. The third-order valence-corrected chi connectivity index (χ3v) is 11.8. The molecule has 0 aromatic carbocycles. The highest BCUT2D eigenvalue weighted by molar-refractivity contribution is 5.69. The largest absolute Gasteiger partial charge is 0.457 e. The van der Waals surface area contributed by atoms with Crippen LogP contribution in [-0.2, 0) is 14.3 Å². The van der Waals surface area contributed by atoms with Gasteiger partial charge in [0, 0.05) is 13.0 Å². The first kappa shape index (κ1) is 55.1. The van der Waals surface area contributed by atoms with Gasteiger partial charge in [-0.1, -0.05) is 257 Å². The number of rotatable bonds is 49. The molecular weight excluding hydrogens is 689 g/mol. The zero-order valence-corrected chi connectivity index (χ0v) is 38.4. The van der Waals surface area contributed by atoms with Crippen LogP contribution in [0.2, 0.25) is 0 Å². The summed E-state index contributed by atoms with van der Waals surface area (Å²) in [5, 5.41) is 9.64. The quantitative estimate of drug-likeness (QED) is 0.0379. The molecule has 4 heteroatoms. The van der Waals surface area contributed by atoms with Gasteiger partial charge in [0.05, 0.1) is 13.2 Å². The predicted molar refractivity (Wildman–Crippen MR) is 247 cm³/mol. The van der Waals surface area contributed by atoms with E-state index in [0.717, 1.165) is 19.3 Å². The number of allylic oxidation sites excluding steroid dienone is 2. The molecule has 0 radical (unpaired) electrons. The molecule has 0 aromatic rings. The lowest BCUT2D eigenvalue weighted by Gasteiger charge is -2.16. The molecule has 1 unspecified atom stereocenters. The van der Waals surface area contributed by atoms with Crippen molar-refractivity contribution < 1.29 is 19.4 Å². The Morgan fingerprint density at radius 3 is 1.02 bits per heavy atom. The van der Waals surface area contributed by atoms with E-state index in [1.54, 1.807) is 0 Å². The molecule has 0 aliphatic heterocycles. The van der Waals surface area contributed by atoms with E-state index in [9.17, 15) is 9.90 Å². The Balaban J connectivity index is 3.33. The van der Waals surface area contributed by atoms with E-state index >= 15 is 0 Å². The molecule has 0 saturated carbocycles. The summed E-state index contributed by atoms with van der Waals surface area (Å²) in [6.45, 7) is 5.41. The lowest BCUT2D eigenvalue weighted by atomic mass is 10.0. The van der Waals surface area contributed by atoms with Crippen molar-refractivity contribution in [1.82, 2.24) is 0 Å². The van der Waals surface area contributed by atoms with E-state index in [1.807, 2.05) is 0 Å². The molecular formula is C52H102O4. The number of aliphatic hydroxyl groups excluding tert-OH is 1. The van der Waals surface area contributed by atoms with Gasteiger partial charge in [-0.05, 0) is 38.5 Å². The third kappa shape index (κ3) is 47.5. The lowest BCUT2D eigenvalue weighted by Crippen LogP contribution is -2.27. The first-order valence-corrected chi connectivity index (χ1v) is 25.8. The lowest BCUT2D eigenvalue weighted by molar-refractivity contribution is -0.154. The van der Waals surface area contributed by atoms with Gasteiger partial charge in [-0.3, -0.25) is 4.79 Å². The third-order valence-electron chi connectivity index (χ3n) is 11.8. The van der Waals surface area contributed by atoms with Crippen LogP contribution in [0.15, 0.2) is 12.2 Å². The number of ether oxygens (including phenoxy) is 2. The zero-order chi connectivity index (χ0) is 40.5. The summed E-state index contributed by atoms with van der Waals surface area (Å²) in [6.07, 6.45) is 61.7. The van der Waals surface area contributed by atoms with Crippen LogP contribution < -0.4 is 0 Å². The van der Waals surface area contributed by atoms with Crippen molar-refractivity contribution in [2.75, 3.05) is 19.8 Å². The second-order valence-corrected chi connectivity index (χ2v) is 17.6. The fourth-order valence-electron chi connectivity index (χ4n) is 7.97. The van der Waals surface area contributed by atoms with Crippen molar-refractivity contribution in [3.05, 3.63) is 12.2 Å². The van der Waals surface area contributed by atoms with Gasteiger partial charge < -0.3 is 14.6 Å². The maximum absolute atomic E-state index is 12.3. The molecule has 0 spiro atoms. The van der Waals surface area contributed by atoms with Crippen molar-refractivity contribution in [3.63, 3.8) is 0 Å². The Labute approximate surface area is 352 Å². The number of carbonyl (C=O) groups excluding carboxylic acids is 1. The molecule has 0 amide bonds. The molecule has 0 saturated heterocycles. The number of unbranched alkanes of at least 4 members (excludes halogenated alkanes) is 39. The summed E-state index contributed by atoms with van der Waals surface area (Å²) < 4.78 is 11.2. The molecule has 56 heavy (non-hydrogen) atoms. The van der Waals surface area contributed by atoms with Gasteiger partial charge in [0.2, 0.25) is 0 Å². The normalized spacial score (nSPS) is 12.3. The van der Waals surface area contributed by atoms with E-state index in [4.69, 9.17) is 9.47 Å². The van der Waals surface area contributed by atoms with Crippen LogP contribution >= 0.6 is 0 Å². The Morgan fingerprint density at radius 2 is 0.696 bits per heavy atom. The van der Waals surface area contributed by atoms with Crippen LogP contribution in [0.3, 0.4) is 0 Å². The highest BCUT2D eigenvalue weighted by Gasteiger charge is 2.13. The highest BCUT2D eigenvalue weighted by atomic mass is 16.6. The van der Waals surface area contributed by atoms with E-state index in [2.05, 4.69) is 26.0 Å². The molecule has 0 bridgehead atoms. The smallest absolute Gasteiger partial charge is 0.306 e. The van der Waals surface area contributed by atoms with E-state index in [0.29, 0.717) is 19.6 Å². The number of carbonyl (C=O) groups is 1. The first-order valence-electron chi connectivity index (χ1n) is 25.8. The van der Waals surface area contributed by atoms with Crippen molar-refractivity contribution in [1.29, 1.82) is 0 Å². The van der Waals surface area contributed by atoms with E-state index in [1.165, 1.54) is 250 Å². The average Bonchev–Trinajstić information content (AvgIpc) is 3.20. The molecule has 0 fully saturated rings. The van der Waals surface area contributed by atoms with Crippen molar-refractivity contribution in [2.45, 2.75) is 296 Å². The first-order chi connectivity index (χ1) is 27.7. The van der Waals surface area contributed by atoms with Crippen LogP contribution in [0.25, 0.3) is 0 Å². The standard InChI is InChI=1S/C52H102O4/c1-3-5-7-9-11-13-15-17-19-21-23-24-25-26-27-28-29-30-32-34-36-38-40-42-44-46-48-55-50-51(49-53)56-52(54)47-45-43-41-39-37-35-33-31-22-20-18-16-14-12-10-8-6-4-2/h21,23,51,53H,3-20,22,24-50H2,1-2H3/b23-21-. The van der Waals surface area contributed by atoms with Crippen molar-refractivity contribution in [2.24, 2.45) is 0 Å². The van der Waals surface area contributed by atoms with Gasteiger partial charge in [-0.15, -0.1) is 0 Å². The topological polar surface area (TPSA) is 55.8 Å². The average molecular weight is 791 g/mol. The van der Waals surface area contributed by atoms with Crippen molar-refractivity contribution in [3.8, 4) is 0 Å². The van der Waals surface area contributed by atoms with Crippen LogP contribution in [0.5, 0.6) is 0 Å². The van der Waals surface area contributed by atoms with Gasteiger partial charge in [0.25, 0.3) is 0 Å². The van der Waals surface area contributed by atoms with Gasteiger partial charge in [0.1, 0.15) is 6.10 Å². The Hall–Kier alpha value is -0.870. The van der Waals surface area contributed by atoms with E-state index in [-0.39, 0.29) is 12.6 Å². The summed E-state index contributed by atoms with van der Waals surface area (Å²) >= 11 is 0. The summed E-state index contributed by atoms with van der Waals surface area (Å²) in [5.74, 6) is -0.192. The van der Waals surface area contributed by atoms with Crippen LogP contribution in [0.4, 0.5) is 0 Å². The number of hydrogen-bond acceptors (Lipinski definition) is 4. The van der Waals surface area contributed by atoms with Crippen LogP contribution in [0, 0.1) is 0 Å². The van der Waals surface area contributed by atoms with Crippen molar-refractivity contribution >= 4 is 5.97 Å². The molecule has 0 aliphatic carbocycles. The monoisotopic (exact) mass is 791 g/mol. The maximum atomic E-state index is 12.3. The molecule has 4 nitrogen and oxygen atoms in total. The fraction of sp³-hybridized carbons (Fsp3) is 0.942. The van der Waals surface area contributed by atoms with Crippen LogP contribution in [-0.4, -0.2) is 37.0 Å². The molecule has 1 atom stereocenters. The number of esters is 1. The highest BCUT2D eigenvalue weighted by Crippen LogP contribution is 2.17. The summed E-state index contributed by atoms with van der Waals surface area (Å²) in [7, 11) is 0. The van der Waals surface area contributed by atoms with Gasteiger partial charge in [-0.2, -0.15) is 0 Å². The maximum Gasteiger partial charge on any atom is 0.306 e. The summed E-state index contributed by atoms with van der Waals surface area (Å²) in [6, 6.07) is 0.